The van der Waals surface area contributed by atoms with Crippen molar-refractivity contribution in [1.29, 1.82) is 0 Å². The highest BCUT2D eigenvalue weighted by molar-refractivity contribution is 6.19. The minimum Gasteiger partial charge on any atom is -0.443 e. The number of fused-ring (bicyclic) bond motifs is 1. The molecule has 27 heavy (non-hydrogen) atoms. The van der Waals surface area contributed by atoms with Crippen molar-refractivity contribution in [2.45, 2.75) is 46.0 Å². The number of hydrogen-bond donors (Lipinski definition) is 0. The molecule has 0 radical (unpaired) electrons. The van der Waals surface area contributed by atoms with Crippen LogP contribution in [0.5, 0.6) is 0 Å². The first-order valence-corrected chi connectivity index (χ1v) is 8.49. The number of carbonyl (C=O) groups is 3. The van der Waals surface area contributed by atoms with E-state index in [1.54, 1.807) is 51.2 Å². The van der Waals surface area contributed by atoms with E-state index in [9.17, 15) is 14.4 Å². The standard InChI is InChI=1S/C20H21NO6/c1-19(2,3)27-18(24)21-10-9-13-12(7-6-8-15(13)21)11-14-16(22)25-20(4,5)26-17(14)23/h6-11H,1-5H3. The lowest BCUT2D eigenvalue weighted by Gasteiger charge is -2.29. The van der Waals surface area contributed by atoms with Crippen molar-refractivity contribution in [3.8, 4) is 0 Å². The van der Waals surface area contributed by atoms with Crippen LogP contribution in [-0.2, 0) is 23.8 Å². The summed E-state index contributed by atoms with van der Waals surface area (Å²) in [4.78, 5) is 36.7. The maximum Gasteiger partial charge on any atom is 0.418 e. The first kappa shape index (κ1) is 18.7. The molecule has 1 aliphatic rings. The van der Waals surface area contributed by atoms with Crippen LogP contribution in [0.1, 0.15) is 40.2 Å². The molecule has 2 heterocycles. The predicted octanol–water partition coefficient (Wildman–Crippen LogP) is 3.64. The third-order valence-corrected chi connectivity index (χ3v) is 3.77. The average Bonchev–Trinajstić information content (AvgIpc) is 2.93. The molecule has 2 aromatic rings. The Morgan fingerprint density at radius 1 is 1.11 bits per heavy atom. The fourth-order valence-electron chi connectivity index (χ4n) is 2.72. The Bertz CT molecular complexity index is 952. The number of aromatic nitrogens is 1. The quantitative estimate of drug-likeness (QED) is 0.432. The maximum absolute atomic E-state index is 12.4. The van der Waals surface area contributed by atoms with Gasteiger partial charge in [0.2, 0.25) is 0 Å². The second-order valence-corrected chi connectivity index (χ2v) is 7.68. The zero-order chi connectivity index (χ0) is 20.0. The third kappa shape index (κ3) is 3.86. The Morgan fingerprint density at radius 2 is 1.74 bits per heavy atom. The minimum absolute atomic E-state index is 0.202. The van der Waals surface area contributed by atoms with Crippen LogP contribution in [0.3, 0.4) is 0 Å². The van der Waals surface area contributed by atoms with E-state index < -0.39 is 29.4 Å². The number of hydrogen-bond acceptors (Lipinski definition) is 6. The van der Waals surface area contributed by atoms with Crippen LogP contribution in [-0.4, -0.2) is 34.0 Å². The lowest BCUT2D eigenvalue weighted by Crippen LogP contribution is -2.41. The van der Waals surface area contributed by atoms with Gasteiger partial charge in [-0.2, -0.15) is 0 Å². The molecule has 0 spiro atoms. The number of nitrogens with zero attached hydrogens (tertiary/aromatic N) is 1. The van der Waals surface area contributed by atoms with Gasteiger partial charge < -0.3 is 14.2 Å². The fraction of sp³-hybridized carbons (Fsp3) is 0.350. The normalized spacial score (nSPS) is 16.7. The Hall–Kier alpha value is -3.09. The van der Waals surface area contributed by atoms with Crippen molar-refractivity contribution < 1.29 is 28.6 Å². The molecule has 142 valence electrons. The lowest BCUT2D eigenvalue weighted by atomic mass is 10.1. The van der Waals surface area contributed by atoms with Crippen LogP contribution >= 0.6 is 0 Å². The Labute approximate surface area is 156 Å². The second-order valence-electron chi connectivity index (χ2n) is 7.68. The minimum atomic E-state index is -1.29. The lowest BCUT2D eigenvalue weighted by molar-refractivity contribution is -0.222. The molecule has 1 aromatic heterocycles. The van der Waals surface area contributed by atoms with Crippen molar-refractivity contribution in [3.63, 3.8) is 0 Å². The van der Waals surface area contributed by atoms with Gasteiger partial charge in [0.15, 0.2) is 0 Å². The molecule has 1 saturated heterocycles. The molecule has 1 aliphatic heterocycles. The predicted molar refractivity (Wildman–Crippen MR) is 97.8 cm³/mol. The molecule has 0 amide bonds. The molecule has 0 unspecified atom stereocenters. The van der Waals surface area contributed by atoms with Crippen molar-refractivity contribution in [2.75, 3.05) is 0 Å². The molecule has 0 aliphatic carbocycles. The highest BCUT2D eigenvalue weighted by atomic mass is 16.7. The number of ether oxygens (including phenoxy) is 3. The van der Waals surface area contributed by atoms with Gasteiger partial charge in [-0.3, -0.25) is 4.57 Å². The van der Waals surface area contributed by atoms with Crippen LogP contribution < -0.4 is 0 Å². The molecule has 1 fully saturated rings. The van der Waals surface area contributed by atoms with Gasteiger partial charge in [-0.15, -0.1) is 0 Å². The summed E-state index contributed by atoms with van der Waals surface area (Å²) in [5, 5.41) is 0.682. The number of carbonyl (C=O) groups excluding carboxylic acids is 3. The largest absolute Gasteiger partial charge is 0.443 e. The van der Waals surface area contributed by atoms with Gasteiger partial charge in [-0.25, -0.2) is 14.4 Å². The summed E-state index contributed by atoms with van der Waals surface area (Å²) in [6.45, 7) is 8.33. The first-order valence-electron chi connectivity index (χ1n) is 8.49. The molecule has 1 aromatic carbocycles. The highest BCUT2D eigenvalue weighted by Gasteiger charge is 2.38. The van der Waals surface area contributed by atoms with Gasteiger partial charge in [-0.1, -0.05) is 12.1 Å². The highest BCUT2D eigenvalue weighted by Crippen LogP contribution is 2.27. The van der Waals surface area contributed by atoms with Crippen molar-refractivity contribution in [3.05, 3.63) is 41.6 Å². The van der Waals surface area contributed by atoms with E-state index in [2.05, 4.69) is 0 Å². The molecule has 7 nitrogen and oxygen atoms in total. The number of rotatable bonds is 1. The fourth-order valence-corrected chi connectivity index (χ4v) is 2.72. The molecule has 0 N–H and O–H groups in total. The number of benzene rings is 1. The van der Waals surface area contributed by atoms with Crippen LogP contribution in [0.2, 0.25) is 0 Å². The van der Waals surface area contributed by atoms with Crippen LogP contribution in [0, 0.1) is 0 Å². The third-order valence-electron chi connectivity index (χ3n) is 3.77. The monoisotopic (exact) mass is 371 g/mol. The number of cyclic esters (lactones) is 2. The van der Waals surface area contributed by atoms with Gasteiger partial charge in [0.25, 0.3) is 5.79 Å². The molecule has 0 saturated carbocycles. The van der Waals surface area contributed by atoms with Gasteiger partial charge >= 0.3 is 18.0 Å². The first-order chi connectivity index (χ1) is 12.5. The molecule has 7 heteroatoms. The SMILES string of the molecule is CC(C)(C)OC(=O)n1ccc2c(C=C3C(=O)OC(C)(C)OC3=O)cccc21. The molecule has 3 rings (SSSR count). The van der Waals surface area contributed by atoms with E-state index in [4.69, 9.17) is 14.2 Å². The summed E-state index contributed by atoms with van der Waals surface area (Å²) in [7, 11) is 0. The van der Waals surface area contributed by atoms with Gasteiger partial charge in [0.1, 0.15) is 11.2 Å². The summed E-state index contributed by atoms with van der Waals surface area (Å²) >= 11 is 0. The van der Waals surface area contributed by atoms with Gasteiger partial charge in [0, 0.05) is 25.4 Å². The second kappa shape index (κ2) is 6.26. The van der Waals surface area contributed by atoms with Crippen molar-refractivity contribution in [2.24, 2.45) is 0 Å². The average molecular weight is 371 g/mol. The van der Waals surface area contributed by atoms with Gasteiger partial charge in [-0.05, 0) is 44.5 Å². The van der Waals surface area contributed by atoms with E-state index in [1.165, 1.54) is 24.5 Å². The summed E-state index contributed by atoms with van der Waals surface area (Å²) in [5.74, 6) is -2.79. The summed E-state index contributed by atoms with van der Waals surface area (Å²) < 4.78 is 17.0. The molecular formula is C20H21NO6. The van der Waals surface area contributed by atoms with Gasteiger partial charge in [0.05, 0.1) is 5.52 Å². The summed E-state index contributed by atoms with van der Waals surface area (Å²) in [6.07, 6.45) is 2.48. The summed E-state index contributed by atoms with van der Waals surface area (Å²) in [5.41, 5.74) is 0.345. The Kier molecular flexibility index (Phi) is 4.34. The Balaban J connectivity index is 2.01. The zero-order valence-electron chi connectivity index (χ0n) is 15.9. The maximum atomic E-state index is 12.4. The van der Waals surface area contributed by atoms with Crippen LogP contribution in [0.4, 0.5) is 4.79 Å². The Morgan fingerprint density at radius 3 is 2.33 bits per heavy atom. The van der Waals surface area contributed by atoms with Crippen LogP contribution in [0.25, 0.3) is 17.0 Å². The van der Waals surface area contributed by atoms with E-state index in [1.807, 2.05) is 0 Å². The zero-order valence-corrected chi connectivity index (χ0v) is 15.9. The van der Waals surface area contributed by atoms with E-state index >= 15 is 0 Å². The smallest absolute Gasteiger partial charge is 0.418 e. The van der Waals surface area contributed by atoms with Crippen molar-refractivity contribution in [1.82, 2.24) is 4.57 Å². The van der Waals surface area contributed by atoms with Crippen LogP contribution in [0.15, 0.2) is 36.0 Å². The topological polar surface area (TPSA) is 83.8 Å². The molecular weight excluding hydrogens is 350 g/mol. The van der Waals surface area contributed by atoms with E-state index in [-0.39, 0.29) is 5.57 Å². The number of esters is 2. The molecule has 0 bridgehead atoms. The van der Waals surface area contributed by atoms with E-state index in [0.29, 0.717) is 16.5 Å². The van der Waals surface area contributed by atoms with Crippen molar-refractivity contribution >= 4 is 35.0 Å². The molecule has 0 atom stereocenters. The summed E-state index contributed by atoms with van der Waals surface area (Å²) in [6, 6.07) is 6.92. The van der Waals surface area contributed by atoms with E-state index in [0.717, 1.165) is 0 Å².